The van der Waals surface area contributed by atoms with Crippen molar-refractivity contribution in [2.45, 2.75) is 45.6 Å². The second kappa shape index (κ2) is 12.0. The number of nitrogens with zero attached hydrogens (tertiary/aromatic N) is 6. The molecular formula is C31H30Cl2N8. The summed E-state index contributed by atoms with van der Waals surface area (Å²) < 4.78 is 1.45. The van der Waals surface area contributed by atoms with Crippen molar-refractivity contribution >= 4 is 34.6 Å². The molecule has 1 atom stereocenters. The number of nitrogens with one attached hydrogen (secondary N) is 2. The van der Waals surface area contributed by atoms with Gasteiger partial charge in [0.25, 0.3) is 0 Å². The number of fused-ring (bicyclic) bond motifs is 1. The molecule has 8 nitrogen and oxygen atoms in total. The van der Waals surface area contributed by atoms with Gasteiger partial charge in [0, 0.05) is 38.9 Å². The highest BCUT2D eigenvalue weighted by Crippen LogP contribution is 2.45. The van der Waals surface area contributed by atoms with Gasteiger partial charge in [-0.15, -0.1) is 11.5 Å². The maximum atomic E-state index is 6.67. The van der Waals surface area contributed by atoms with Gasteiger partial charge >= 0.3 is 0 Å². The SMILES string of the molecule is C#C/C(=C(\C=C(/C)Cl)C1=CC(=C)N2C(=C1)CCC2c1nc(-c2ccc(NC(=C)CCC)cc2)c(Cl)[nH]1)n1cnnn1. The number of aromatic amines is 1. The fourth-order valence-electron chi connectivity index (χ4n) is 5.16. The van der Waals surface area contributed by atoms with E-state index in [0.29, 0.717) is 21.6 Å². The number of benzene rings is 1. The number of tetrazole rings is 1. The largest absolute Gasteiger partial charge is 0.359 e. The maximum absolute atomic E-state index is 6.67. The summed E-state index contributed by atoms with van der Waals surface area (Å²) in [5.74, 6) is 3.49. The fourth-order valence-corrected chi connectivity index (χ4v) is 5.52. The number of hydrogen-bond donors (Lipinski definition) is 2. The highest BCUT2D eigenvalue weighted by molar-refractivity contribution is 6.32. The molecule has 41 heavy (non-hydrogen) atoms. The Morgan fingerprint density at radius 3 is 2.73 bits per heavy atom. The van der Waals surface area contributed by atoms with Crippen LogP contribution < -0.4 is 5.32 Å². The first-order valence-electron chi connectivity index (χ1n) is 13.3. The van der Waals surface area contributed by atoms with Gasteiger partial charge < -0.3 is 15.2 Å². The minimum absolute atomic E-state index is 0.0412. The van der Waals surface area contributed by atoms with Gasteiger partial charge in [-0.1, -0.05) is 61.8 Å². The zero-order chi connectivity index (χ0) is 29.1. The molecule has 0 spiro atoms. The summed E-state index contributed by atoms with van der Waals surface area (Å²) in [5.41, 5.74) is 7.60. The Hall–Kier alpha value is -4.32. The summed E-state index contributed by atoms with van der Waals surface area (Å²) >= 11 is 13.0. The fraction of sp³-hybridized carbons (Fsp3) is 0.226. The van der Waals surface area contributed by atoms with E-state index in [9.17, 15) is 0 Å². The molecule has 10 heteroatoms. The number of terminal acetylenes is 1. The van der Waals surface area contributed by atoms with Crippen molar-refractivity contribution in [1.82, 2.24) is 35.1 Å². The smallest absolute Gasteiger partial charge is 0.144 e. The molecule has 0 aliphatic carbocycles. The third-order valence-corrected chi connectivity index (χ3v) is 7.28. The Kier molecular flexibility index (Phi) is 8.29. The molecule has 5 rings (SSSR count). The van der Waals surface area contributed by atoms with E-state index in [1.165, 1.54) is 11.0 Å². The molecule has 2 aliphatic heterocycles. The van der Waals surface area contributed by atoms with Crippen molar-refractivity contribution in [2.75, 3.05) is 5.32 Å². The van der Waals surface area contributed by atoms with Gasteiger partial charge in [-0.05, 0) is 78.5 Å². The van der Waals surface area contributed by atoms with Gasteiger partial charge in [0.2, 0.25) is 0 Å². The average molecular weight is 586 g/mol. The van der Waals surface area contributed by atoms with Crippen LogP contribution >= 0.6 is 23.2 Å². The lowest BCUT2D eigenvalue weighted by molar-refractivity contribution is 0.365. The number of halogens is 2. The zero-order valence-electron chi connectivity index (χ0n) is 23.0. The van der Waals surface area contributed by atoms with E-state index in [0.717, 1.165) is 71.0 Å². The Bertz CT molecular complexity index is 1640. The molecule has 2 N–H and O–H groups in total. The highest BCUT2D eigenvalue weighted by atomic mass is 35.5. The summed E-state index contributed by atoms with van der Waals surface area (Å²) in [4.78, 5) is 10.4. The Balaban J connectivity index is 1.41. The van der Waals surface area contributed by atoms with Crippen LogP contribution in [0, 0.1) is 12.3 Å². The monoisotopic (exact) mass is 584 g/mol. The molecule has 1 aromatic carbocycles. The van der Waals surface area contributed by atoms with Gasteiger partial charge in [0.1, 0.15) is 28.7 Å². The number of aromatic nitrogens is 6. The second-order valence-corrected chi connectivity index (χ2v) is 10.9. The Morgan fingerprint density at radius 1 is 1.29 bits per heavy atom. The number of hydrogen-bond acceptors (Lipinski definition) is 6. The lowest BCUT2D eigenvalue weighted by Crippen LogP contribution is -2.23. The van der Waals surface area contributed by atoms with Crippen molar-refractivity contribution < 1.29 is 0 Å². The predicted octanol–water partition coefficient (Wildman–Crippen LogP) is 7.60. The van der Waals surface area contributed by atoms with Gasteiger partial charge in [0.05, 0.1) is 6.04 Å². The molecule has 208 valence electrons. The molecule has 2 aliphatic rings. The van der Waals surface area contributed by atoms with Gasteiger partial charge in [0.15, 0.2) is 0 Å². The van der Waals surface area contributed by atoms with Crippen LogP contribution in [0.25, 0.3) is 17.0 Å². The maximum Gasteiger partial charge on any atom is 0.144 e. The van der Waals surface area contributed by atoms with Gasteiger partial charge in [-0.2, -0.15) is 4.68 Å². The van der Waals surface area contributed by atoms with Crippen molar-refractivity contribution in [2.24, 2.45) is 0 Å². The normalized spacial score (nSPS) is 17.4. The lowest BCUT2D eigenvalue weighted by atomic mass is 9.97. The molecule has 1 unspecified atom stereocenters. The first kappa shape index (κ1) is 28.2. The molecular weight excluding hydrogens is 555 g/mol. The van der Waals surface area contributed by atoms with E-state index < -0.39 is 0 Å². The summed E-state index contributed by atoms with van der Waals surface area (Å²) in [5, 5.41) is 15.8. The van der Waals surface area contributed by atoms with Crippen LogP contribution in [0.3, 0.4) is 0 Å². The van der Waals surface area contributed by atoms with E-state index in [2.05, 4.69) is 62.8 Å². The number of H-pyrrole nitrogens is 1. The lowest BCUT2D eigenvalue weighted by Gasteiger charge is -2.31. The summed E-state index contributed by atoms with van der Waals surface area (Å²) in [6, 6.07) is 8.00. The Labute approximate surface area is 249 Å². The van der Waals surface area contributed by atoms with E-state index in [-0.39, 0.29) is 6.04 Å². The standard InChI is InChI=1S/C31H30Cl2N8/c1-6-8-20(4)35-24-11-9-22(10-12-24)29-30(33)37-31(36-29)28-14-13-25-17-23(16-21(5)41(25)28)26(15-19(3)32)27(7-2)40-18-34-38-39-40/h2,9-12,15-18,28,35H,4-6,8,13-14H2,1,3H3,(H,36,37)/b19-15+,27-26-. The van der Waals surface area contributed by atoms with E-state index in [1.807, 2.05) is 36.4 Å². The predicted molar refractivity (Wildman–Crippen MR) is 165 cm³/mol. The third-order valence-electron chi connectivity index (χ3n) is 6.90. The molecule has 1 fully saturated rings. The van der Waals surface area contributed by atoms with Crippen LogP contribution in [-0.4, -0.2) is 35.1 Å². The van der Waals surface area contributed by atoms with Crippen LogP contribution in [0.5, 0.6) is 0 Å². The van der Waals surface area contributed by atoms with Crippen LogP contribution in [-0.2, 0) is 0 Å². The van der Waals surface area contributed by atoms with E-state index in [1.54, 1.807) is 6.92 Å². The van der Waals surface area contributed by atoms with Crippen LogP contribution in [0.4, 0.5) is 5.69 Å². The summed E-state index contributed by atoms with van der Waals surface area (Å²) in [6.45, 7) is 12.4. The second-order valence-electron chi connectivity index (χ2n) is 9.88. The third kappa shape index (κ3) is 5.92. The topological polar surface area (TPSA) is 87.5 Å². The molecule has 3 aromatic rings. The quantitative estimate of drug-likeness (QED) is 0.199. The molecule has 0 bridgehead atoms. The molecule has 0 radical (unpaired) electrons. The molecule has 0 saturated carbocycles. The highest BCUT2D eigenvalue weighted by Gasteiger charge is 2.35. The van der Waals surface area contributed by atoms with Crippen molar-refractivity contribution in [1.29, 1.82) is 0 Å². The van der Waals surface area contributed by atoms with Crippen LogP contribution in [0.2, 0.25) is 5.15 Å². The summed E-state index contributed by atoms with van der Waals surface area (Å²) in [7, 11) is 0. The van der Waals surface area contributed by atoms with Gasteiger partial charge in [-0.3, -0.25) is 0 Å². The zero-order valence-corrected chi connectivity index (χ0v) is 24.5. The molecule has 4 heterocycles. The average Bonchev–Trinajstić information content (AvgIpc) is 3.69. The van der Waals surface area contributed by atoms with E-state index in [4.69, 9.17) is 34.6 Å². The van der Waals surface area contributed by atoms with Crippen LogP contribution in [0.15, 0.2) is 95.2 Å². The van der Waals surface area contributed by atoms with Gasteiger partial charge in [-0.25, -0.2) is 4.98 Å². The van der Waals surface area contributed by atoms with E-state index >= 15 is 0 Å². The minimum Gasteiger partial charge on any atom is -0.359 e. The van der Waals surface area contributed by atoms with Crippen molar-refractivity contribution in [3.63, 3.8) is 0 Å². The molecule has 2 aromatic heterocycles. The number of rotatable bonds is 9. The first-order valence-corrected chi connectivity index (χ1v) is 14.0. The first-order chi connectivity index (χ1) is 19.8. The summed E-state index contributed by atoms with van der Waals surface area (Å²) in [6.07, 6.45) is 16.9. The minimum atomic E-state index is -0.0412. The number of anilines is 1. The Morgan fingerprint density at radius 2 is 2.07 bits per heavy atom. The van der Waals surface area contributed by atoms with Crippen molar-refractivity contribution in [3.8, 4) is 23.6 Å². The molecule has 1 saturated heterocycles. The van der Waals surface area contributed by atoms with Crippen molar-refractivity contribution in [3.05, 3.63) is 106 Å². The van der Waals surface area contributed by atoms with Crippen LogP contribution in [0.1, 0.15) is 51.4 Å². The molecule has 0 amide bonds. The number of imidazole rings is 1. The number of allylic oxidation sites excluding steroid dienone is 9.